The van der Waals surface area contributed by atoms with Crippen LogP contribution in [-0.4, -0.2) is 45.0 Å². The summed E-state index contributed by atoms with van der Waals surface area (Å²) in [5, 5.41) is 6.38. The highest BCUT2D eigenvalue weighted by Gasteiger charge is 2.39. The summed E-state index contributed by atoms with van der Waals surface area (Å²) in [4.78, 5) is 12.5. The van der Waals surface area contributed by atoms with E-state index in [0.29, 0.717) is 12.8 Å². The molecule has 2 fully saturated rings. The fourth-order valence-electron chi connectivity index (χ4n) is 3.00. The van der Waals surface area contributed by atoms with E-state index in [-0.39, 0.29) is 28.9 Å². The molecule has 0 aliphatic carbocycles. The molecule has 0 radical (unpaired) electrons. The Hall–Kier alpha value is -0.620. The Morgan fingerprint density at radius 2 is 2.05 bits per heavy atom. The lowest BCUT2D eigenvalue weighted by Gasteiger charge is -2.37. The van der Waals surface area contributed by atoms with Crippen LogP contribution in [-0.2, 0) is 14.6 Å². The van der Waals surface area contributed by atoms with E-state index in [2.05, 4.69) is 17.6 Å². The van der Waals surface area contributed by atoms with E-state index in [1.165, 1.54) is 0 Å². The average Bonchev–Trinajstić information content (AvgIpc) is 2.42. The van der Waals surface area contributed by atoms with E-state index in [4.69, 9.17) is 0 Å². The maximum absolute atomic E-state index is 12.5. The average molecular weight is 288 g/mol. The molecule has 2 heterocycles. The molecule has 0 aromatic heterocycles. The number of hydrogen-bond donors (Lipinski definition) is 2. The number of rotatable bonds is 3. The number of amides is 1. The van der Waals surface area contributed by atoms with Crippen LogP contribution in [0.3, 0.4) is 0 Å². The van der Waals surface area contributed by atoms with Gasteiger partial charge in [0.15, 0.2) is 0 Å². The summed E-state index contributed by atoms with van der Waals surface area (Å²) in [6.07, 6.45) is 3.90. The van der Waals surface area contributed by atoms with Gasteiger partial charge in [0, 0.05) is 12.6 Å². The summed E-state index contributed by atoms with van der Waals surface area (Å²) in [5.74, 6) is 0.511. The van der Waals surface area contributed by atoms with Crippen LogP contribution in [0, 0.1) is 5.41 Å². The number of carbonyl (C=O) groups excluding carboxylic acids is 1. The first-order valence-electron chi connectivity index (χ1n) is 7.19. The summed E-state index contributed by atoms with van der Waals surface area (Å²) in [6, 6.07) is 0.0291. The van der Waals surface area contributed by atoms with Crippen LogP contribution in [0.25, 0.3) is 0 Å². The molecule has 0 bridgehead atoms. The molecule has 1 atom stereocenters. The molecule has 0 spiro atoms. The largest absolute Gasteiger partial charge is 0.353 e. The van der Waals surface area contributed by atoms with Crippen molar-refractivity contribution in [2.24, 2.45) is 5.41 Å². The first kappa shape index (κ1) is 14.8. The van der Waals surface area contributed by atoms with E-state index in [1.54, 1.807) is 0 Å². The summed E-state index contributed by atoms with van der Waals surface area (Å²) < 4.78 is 22.8. The highest BCUT2D eigenvalue weighted by atomic mass is 32.2. The first-order chi connectivity index (χ1) is 8.97. The Morgan fingerprint density at radius 1 is 1.37 bits per heavy atom. The molecule has 0 aromatic rings. The van der Waals surface area contributed by atoms with Gasteiger partial charge in [-0.2, -0.15) is 0 Å². The van der Waals surface area contributed by atoms with E-state index in [9.17, 15) is 13.2 Å². The Kier molecular flexibility index (Phi) is 4.50. The van der Waals surface area contributed by atoms with Crippen LogP contribution in [0.2, 0.25) is 0 Å². The molecule has 1 unspecified atom stereocenters. The van der Waals surface area contributed by atoms with Crippen molar-refractivity contribution in [3.8, 4) is 0 Å². The summed E-state index contributed by atoms with van der Waals surface area (Å²) in [6.45, 7) is 3.77. The maximum atomic E-state index is 12.5. The summed E-state index contributed by atoms with van der Waals surface area (Å²) in [7, 11) is -2.86. The van der Waals surface area contributed by atoms with Crippen molar-refractivity contribution >= 4 is 15.7 Å². The van der Waals surface area contributed by atoms with Crippen molar-refractivity contribution in [1.82, 2.24) is 10.6 Å². The minimum Gasteiger partial charge on any atom is -0.353 e. The molecular formula is C13H24N2O3S. The Bertz CT molecular complexity index is 413. The smallest absolute Gasteiger partial charge is 0.227 e. The highest BCUT2D eigenvalue weighted by molar-refractivity contribution is 7.91. The first-order valence-corrected chi connectivity index (χ1v) is 9.02. The zero-order valence-electron chi connectivity index (χ0n) is 11.6. The zero-order valence-corrected chi connectivity index (χ0v) is 12.4. The van der Waals surface area contributed by atoms with Crippen LogP contribution in [0.5, 0.6) is 0 Å². The van der Waals surface area contributed by atoms with Crippen molar-refractivity contribution in [2.75, 3.05) is 24.6 Å². The Morgan fingerprint density at radius 3 is 2.58 bits per heavy atom. The van der Waals surface area contributed by atoms with Gasteiger partial charge in [-0.25, -0.2) is 8.42 Å². The van der Waals surface area contributed by atoms with Crippen LogP contribution < -0.4 is 10.6 Å². The van der Waals surface area contributed by atoms with Crippen molar-refractivity contribution in [3.63, 3.8) is 0 Å². The molecule has 2 aliphatic heterocycles. The van der Waals surface area contributed by atoms with Gasteiger partial charge in [0.25, 0.3) is 0 Å². The molecule has 19 heavy (non-hydrogen) atoms. The Balaban J connectivity index is 1.93. The quantitative estimate of drug-likeness (QED) is 0.791. The Labute approximate surface area is 115 Å². The molecule has 2 saturated heterocycles. The molecule has 6 heteroatoms. The number of piperidine rings is 1. The molecule has 2 rings (SSSR count). The van der Waals surface area contributed by atoms with E-state index >= 15 is 0 Å². The molecular weight excluding hydrogens is 264 g/mol. The molecule has 0 aromatic carbocycles. The molecule has 2 aliphatic rings. The number of carbonyl (C=O) groups is 1. The second-order valence-corrected chi connectivity index (χ2v) is 8.12. The second-order valence-electron chi connectivity index (χ2n) is 5.81. The van der Waals surface area contributed by atoms with Gasteiger partial charge in [-0.1, -0.05) is 6.92 Å². The topological polar surface area (TPSA) is 75.3 Å². The van der Waals surface area contributed by atoms with Crippen LogP contribution in [0.4, 0.5) is 0 Å². The van der Waals surface area contributed by atoms with Gasteiger partial charge in [0.1, 0.15) is 9.84 Å². The predicted molar refractivity (Wildman–Crippen MR) is 74.6 cm³/mol. The third-order valence-electron chi connectivity index (χ3n) is 4.52. The number of nitrogens with one attached hydrogen (secondary N) is 2. The lowest BCUT2D eigenvalue weighted by molar-refractivity contribution is -0.133. The minimum atomic E-state index is -2.86. The number of hydrogen-bond acceptors (Lipinski definition) is 4. The standard InChI is InChI=1S/C13H24N2O3S/c1-2-13(6-3-7-14-10-13)12(16)15-11-4-8-19(17,18)9-5-11/h11,14H,2-10H2,1H3,(H,15,16). The van der Waals surface area contributed by atoms with Gasteiger partial charge in [0.05, 0.1) is 16.9 Å². The fourth-order valence-corrected chi connectivity index (χ4v) is 4.49. The third kappa shape index (κ3) is 3.48. The van der Waals surface area contributed by atoms with Crippen molar-refractivity contribution < 1.29 is 13.2 Å². The van der Waals surface area contributed by atoms with Gasteiger partial charge < -0.3 is 10.6 Å². The highest BCUT2D eigenvalue weighted by Crippen LogP contribution is 2.30. The predicted octanol–water partition coefficient (Wildman–Crippen LogP) is 0.460. The monoisotopic (exact) mass is 288 g/mol. The zero-order chi connectivity index (χ0) is 13.9. The molecule has 1 amide bonds. The van der Waals surface area contributed by atoms with E-state index in [1.807, 2.05) is 0 Å². The molecule has 0 saturated carbocycles. The molecule has 2 N–H and O–H groups in total. The van der Waals surface area contributed by atoms with Crippen molar-refractivity contribution in [2.45, 2.75) is 45.1 Å². The van der Waals surface area contributed by atoms with E-state index < -0.39 is 9.84 Å². The van der Waals surface area contributed by atoms with Crippen LogP contribution >= 0.6 is 0 Å². The fraction of sp³-hybridized carbons (Fsp3) is 0.923. The molecule has 5 nitrogen and oxygen atoms in total. The van der Waals surface area contributed by atoms with Crippen LogP contribution in [0.1, 0.15) is 39.0 Å². The van der Waals surface area contributed by atoms with Gasteiger partial charge in [-0.15, -0.1) is 0 Å². The second kappa shape index (κ2) is 5.79. The van der Waals surface area contributed by atoms with E-state index in [0.717, 1.165) is 32.4 Å². The number of sulfone groups is 1. The third-order valence-corrected chi connectivity index (χ3v) is 6.24. The van der Waals surface area contributed by atoms with Crippen LogP contribution in [0.15, 0.2) is 0 Å². The van der Waals surface area contributed by atoms with Gasteiger partial charge in [-0.3, -0.25) is 4.79 Å². The van der Waals surface area contributed by atoms with Gasteiger partial charge >= 0.3 is 0 Å². The lowest BCUT2D eigenvalue weighted by atomic mass is 9.77. The maximum Gasteiger partial charge on any atom is 0.227 e. The lowest BCUT2D eigenvalue weighted by Crippen LogP contribution is -2.53. The summed E-state index contributed by atoms with van der Waals surface area (Å²) >= 11 is 0. The van der Waals surface area contributed by atoms with Crippen molar-refractivity contribution in [1.29, 1.82) is 0 Å². The van der Waals surface area contributed by atoms with Crippen molar-refractivity contribution in [3.05, 3.63) is 0 Å². The molecule has 110 valence electrons. The van der Waals surface area contributed by atoms with Gasteiger partial charge in [0.2, 0.25) is 5.91 Å². The summed E-state index contributed by atoms with van der Waals surface area (Å²) in [5.41, 5.74) is -0.297. The normalized spacial score (nSPS) is 31.8. The minimum absolute atomic E-state index is 0.0291. The van der Waals surface area contributed by atoms with Gasteiger partial charge in [-0.05, 0) is 38.6 Å². The SMILES string of the molecule is CCC1(C(=O)NC2CCS(=O)(=O)CC2)CCCNC1.